The van der Waals surface area contributed by atoms with Crippen LogP contribution in [-0.2, 0) is 16.1 Å². The van der Waals surface area contributed by atoms with E-state index in [2.05, 4.69) is 5.10 Å². The number of nitrogens with two attached hydrogens (primary N) is 1. The van der Waals surface area contributed by atoms with Gasteiger partial charge in [0, 0.05) is 25.5 Å². The molecule has 1 saturated heterocycles. The van der Waals surface area contributed by atoms with Crippen molar-refractivity contribution in [3.05, 3.63) is 18.5 Å². The molecule has 1 aliphatic heterocycles. The number of hydrogen-bond donors (Lipinski definition) is 1. The van der Waals surface area contributed by atoms with Crippen LogP contribution < -0.4 is 5.73 Å². The van der Waals surface area contributed by atoms with Crippen LogP contribution in [-0.4, -0.2) is 52.4 Å². The second-order valence-electron chi connectivity index (χ2n) is 4.29. The van der Waals surface area contributed by atoms with Crippen LogP contribution in [0.4, 0.5) is 0 Å². The molecule has 0 aromatic carbocycles. The first kappa shape index (κ1) is 18.2. The Kier molecular flexibility index (Phi) is 8.01. The Bertz CT molecular complexity index is 373. The van der Waals surface area contributed by atoms with Crippen molar-refractivity contribution in [2.45, 2.75) is 25.6 Å². The maximum Gasteiger partial charge on any atom is 0.239 e. The van der Waals surface area contributed by atoms with Crippen LogP contribution in [0.3, 0.4) is 0 Å². The van der Waals surface area contributed by atoms with Crippen molar-refractivity contribution in [2.75, 3.05) is 19.7 Å². The molecule has 8 heteroatoms. The standard InChI is InChI=1S/C11H18N4O2.2ClH/c1-9(12)11(16)14-5-6-17-10(7-14)8-15-4-2-3-13-15;;/h2-4,9-10H,5-8,12H2,1H3;2*1H/t9-,10?;;/m1../s1. The van der Waals surface area contributed by atoms with Crippen molar-refractivity contribution < 1.29 is 9.53 Å². The molecule has 2 atom stereocenters. The SMILES string of the molecule is C[C@@H](N)C(=O)N1CCOC(Cn2cccn2)C1.Cl.Cl. The minimum Gasteiger partial charge on any atom is -0.373 e. The third-order valence-corrected chi connectivity index (χ3v) is 2.79. The number of hydrogen-bond acceptors (Lipinski definition) is 4. The van der Waals surface area contributed by atoms with Crippen molar-refractivity contribution in [1.82, 2.24) is 14.7 Å². The quantitative estimate of drug-likeness (QED) is 0.871. The highest BCUT2D eigenvalue weighted by Gasteiger charge is 2.26. The summed E-state index contributed by atoms with van der Waals surface area (Å²) in [5.74, 6) is -0.0150. The third kappa shape index (κ3) is 4.99. The molecule has 0 radical (unpaired) electrons. The van der Waals surface area contributed by atoms with Gasteiger partial charge in [0.05, 0.1) is 25.3 Å². The molecule has 2 rings (SSSR count). The van der Waals surface area contributed by atoms with Crippen molar-refractivity contribution in [1.29, 1.82) is 0 Å². The summed E-state index contributed by atoms with van der Waals surface area (Å²) in [6, 6.07) is 1.42. The average molecular weight is 311 g/mol. The van der Waals surface area contributed by atoms with Crippen LogP contribution in [0.5, 0.6) is 0 Å². The van der Waals surface area contributed by atoms with Crippen LogP contribution in [0.25, 0.3) is 0 Å². The summed E-state index contributed by atoms with van der Waals surface area (Å²) in [7, 11) is 0. The van der Waals surface area contributed by atoms with Gasteiger partial charge in [0.2, 0.25) is 5.91 Å². The van der Waals surface area contributed by atoms with E-state index in [9.17, 15) is 4.79 Å². The molecule has 2 heterocycles. The van der Waals surface area contributed by atoms with Gasteiger partial charge >= 0.3 is 0 Å². The van der Waals surface area contributed by atoms with E-state index in [1.165, 1.54) is 0 Å². The Labute approximate surface area is 125 Å². The monoisotopic (exact) mass is 310 g/mol. The first-order valence-corrected chi connectivity index (χ1v) is 5.80. The van der Waals surface area contributed by atoms with Crippen LogP contribution in [0.1, 0.15) is 6.92 Å². The van der Waals surface area contributed by atoms with Crippen LogP contribution in [0.15, 0.2) is 18.5 Å². The number of halogens is 2. The summed E-state index contributed by atoms with van der Waals surface area (Å²) in [6.07, 6.45) is 3.61. The van der Waals surface area contributed by atoms with Gasteiger partial charge in [-0.2, -0.15) is 5.10 Å². The van der Waals surface area contributed by atoms with Crippen LogP contribution >= 0.6 is 24.8 Å². The van der Waals surface area contributed by atoms with Gasteiger partial charge in [0.1, 0.15) is 0 Å². The van der Waals surface area contributed by atoms with E-state index in [0.29, 0.717) is 26.2 Å². The van der Waals surface area contributed by atoms with Gasteiger partial charge in [-0.05, 0) is 13.0 Å². The smallest absolute Gasteiger partial charge is 0.239 e. The molecular weight excluding hydrogens is 291 g/mol. The number of aromatic nitrogens is 2. The molecule has 6 nitrogen and oxygen atoms in total. The maximum atomic E-state index is 11.8. The zero-order valence-corrected chi connectivity index (χ0v) is 12.4. The summed E-state index contributed by atoms with van der Waals surface area (Å²) in [5, 5.41) is 4.12. The minimum atomic E-state index is -0.446. The highest BCUT2D eigenvalue weighted by Crippen LogP contribution is 2.08. The Hall–Kier alpha value is -0.820. The molecule has 0 saturated carbocycles. The number of ether oxygens (including phenoxy) is 1. The number of nitrogens with zero attached hydrogens (tertiary/aromatic N) is 3. The maximum absolute atomic E-state index is 11.8. The highest BCUT2D eigenvalue weighted by molar-refractivity contribution is 5.85. The second kappa shape index (κ2) is 8.37. The fourth-order valence-corrected chi connectivity index (χ4v) is 1.94. The Morgan fingerprint density at radius 1 is 1.58 bits per heavy atom. The van der Waals surface area contributed by atoms with Crippen molar-refractivity contribution in [2.24, 2.45) is 5.73 Å². The van der Waals surface area contributed by atoms with Gasteiger partial charge in [-0.25, -0.2) is 0 Å². The summed E-state index contributed by atoms with van der Waals surface area (Å²) >= 11 is 0. The van der Waals surface area contributed by atoms with Gasteiger partial charge in [-0.3, -0.25) is 9.48 Å². The molecule has 0 bridgehead atoms. The van der Waals surface area contributed by atoms with Crippen molar-refractivity contribution >= 4 is 30.7 Å². The normalized spacial score (nSPS) is 20.1. The van der Waals surface area contributed by atoms with Crippen LogP contribution in [0.2, 0.25) is 0 Å². The summed E-state index contributed by atoms with van der Waals surface area (Å²) < 4.78 is 7.43. The number of rotatable bonds is 3. The largest absolute Gasteiger partial charge is 0.373 e. The van der Waals surface area contributed by atoms with E-state index in [1.807, 2.05) is 16.9 Å². The molecule has 2 N–H and O–H groups in total. The Morgan fingerprint density at radius 3 is 2.89 bits per heavy atom. The first-order chi connectivity index (χ1) is 8.16. The first-order valence-electron chi connectivity index (χ1n) is 5.80. The van der Waals surface area contributed by atoms with E-state index in [0.717, 1.165) is 0 Å². The molecule has 19 heavy (non-hydrogen) atoms. The molecule has 1 aromatic rings. The molecule has 1 aromatic heterocycles. The lowest BCUT2D eigenvalue weighted by Gasteiger charge is -2.33. The Morgan fingerprint density at radius 2 is 2.32 bits per heavy atom. The molecule has 0 aliphatic carbocycles. The van der Waals surface area contributed by atoms with Gasteiger partial charge in [0.15, 0.2) is 0 Å². The van der Waals surface area contributed by atoms with Gasteiger partial charge < -0.3 is 15.4 Å². The number of amides is 1. The molecule has 0 spiro atoms. The minimum absolute atomic E-state index is 0. The molecule has 1 aliphatic rings. The predicted octanol–water partition coefficient (Wildman–Crippen LogP) is 0.301. The van der Waals surface area contributed by atoms with Gasteiger partial charge in [-0.15, -0.1) is 24.8 Å². The van der Waals surface area contributed by atoms with E-state index in [1.54, 1.807) is 18.0 Å². The zero-order chi connectivity index (χ0) is 12.3. The van der Waals surface area contributed by atoms with Crippen molar-refractivity contribution in [3.8, 4) is 0 Å². The lowest BCUT2D eigenvalue weighted by molar-refractivity contribution is -0.140. The van der Waals surface area contributed by atoms with E-state index in [-0.39, 0.29) is 36.8 Å². The number of carbonyl (C=O) groups excluding carboxylic acids is 1. The average Bonchev–Trinajstić information content (AvgIpc) is 2.81. The lowest BCUT2D eigenvalue weighted by atomic mass is 10.2. The van der Waals surface area contributed by atoms with E-state index >= 15 is 0 Å². The summed E-state index contributed by atoms with van der Waals surface area (Å²) in [6.45, 7) is 4.14. The fraction of sp³-hybridized carbons (Fsp3) is 0.636. The second-order valence-corrected chi connectivity index (χ2v) is 4.29. The van der Waals surface area contributed by atoms with Crippen molar-refractivity contribution in [3.63, 3.8) is 0 Å². The van der Waals surface area contributed by atoms with Gasteiger partial charge in [-0.1, -0.05) is 0 Å². The zero-order valence-electron chi connectivity index (χ0n) is 10.8. The van der Waals surface area contributed by atoms with Crippen LogP contribution in [0, 0.1) is 0 Å². The highest BCUT2D eigenvalue weighted by atomic mass is 35.5. The summed E-state index contributed by atoms with van der Waals surface area (Å²) in [5.41, 5.74) is 5.60. The lowest BCUT2D eigenvalue weighted by Crippen LogP contribution is -2.51. The molecule has 1 unspecified atom stereocenters. The predicted molar refractivity (Wildman–Crippen MR) is 76.7 cm³/mol. The number of carbonyl (C=O) groups is 1. The topological polar surface area (TPSA) is 73.4 Å². The molecule has 110 valence electrons. The molecular formula is C11H20Cl2N4O2. The fourth-order valence-electron chi connectivity index (χ4n) is 1.94. The van der Waals surface area contributed by atoms with E-state index < -0.39 is 6.04 Å². The molecule has 1 amide bonds. The Balaban J connectivity index is 0.00000162. The summed E-state index contributed by atoms with van der Waals surface area (Å²) in [4.78, 5) is 13.5. The molecule has 1 fully saturated rings. The third-order valence-electron chi connectivity index (χ3n) is 2.79. The number of morpholine rings is 1. The van der Waals surface area contributed by atoms with Gasteiger partial charge in [0.25, 0.3) is 0 Å². The van der Waals surface area contributed by atoms with E-state index in [4.69, 9.17) is 10.5 Å².